The smallest absolute Gasteiger partial charge is 0.0521 e. The maximum absolute atomic E-state index is 6.13. The first-order valence-corrected chi connectivity index (χ1v) is 7.42. The molecular weight excluding hydrogens is 232 g/mol. The molecule has 0 aromatic heterocycles. The van der Waals surface area contributed by atoms with Gasteiger partial charge in [0.05, 0.1) is 5.54 Å². The average Bonchev–Trinajstić information content (AvgIpc) is 2.35. The van der Waals surface area contributed by atoms with Crippen molar-refractivity contribution in [1.82, 2.24) is 0 Å². The number of benzene rings is 1. The van der Waals surface area contributed by atoms with E-state index >= 15 is 0 Å². The molecule has 1 aliphatic carbocycles. The summed E-state index contributed by atoms with van der Waals surface area (Å²) in [5.74, 6) is 0.600. The van der Waals surface area contributed by atoms with Crippen LogP contribution in [0, 0.1) is 18.3 Å². The third-order valence-electron chi connectivity index (χ3n) is 4.86. The summed E-state index contributed by atoms with van der Waals surface area (Å²) in [5.41, 5.74) is 9.14. The number of hydrogen-bond acceptors (Lipinski definition) is 2. The van der Waals surface area contributed by atoms with Crippen molar-refractivity contribution in [2.24, 2.45) is 17.1 Å². The zero-order valence-electron chi connectivity index (χ0n) is 12.8. The average molecular weight is 260 g/mol. The lowest BCUT2D eigenvalue weighted by molar-refractivity contribution is 0.120. The molecule has 0 heterocycles. The summed E-state index contributed by atoms with van der Waals surface area (Å²) in [6.45, 7) is 9.91. The summed E-state index contributed by atoms with van der Waals surface area (Å²) in [6, 6.07) is 8.65. The fourth-order valence-corrected chi connectivity index (χ4v) is 3.40. The molecule has 1 aromatic carbocycles. The fourth-order valence-electron chi connectivity index (χ4n) is 3.40. The Balaban J connectivity index is 2.17. The first kappa shape index (κ1) is 14.4. The summed E-state index contributed by atoms with van der Waals surface area (Å²) in [7, 11) is 0. The summed E-state index contributed by atoms with van der Waals surface area (Å²) in [6.07, 6.45) is 3.64. The van der Waals surface area contributed by atoms with Gasteiger partial charge in [-0.3, -0.25) is 0 Å². The van der Waals surface area contributed by atoms with Crippen molar-refractivity contribution in [3.8, 4) is 0 Å². The highest BCUT2D eigenvalue weighted by atomic mass is 15.0. The quantitative estimate of drug-likeness (QED) is 0.863. The molecule has 0 saturated heterocycles. The van der Waals surface area contributed by atoms with Gasteiger partial charge in [-0.1, -0.05) is 38.5 Å². The normalized spacial score (nSPS) is 30.1. The minimum Gasteiger partial charge on any atom is -0.378 e. The van der Waals surface area contributed by atoms with E-state index in [1.54, 1.807) is 0 Å². The predicted molar refractivity (Wildman–Crippen MR) is 83.4 cm³/mol. The highest BCUT2D eigenvalue weighted by Gasteiger charge is 2.42. The molecule has 2 heteroatoms. The summed E-state index contributed by atoms with van der Waals surface area (Å²) < 4.78 is 0. The zero-order chi connectivity index (χ0) is 14.1. The third kappa shape index (κ3) is 3.11. The standard InChI is InChI=1S/C17H28N2/c1-13-5-7-15(8-6-13)19-17(12-18)10-9-16(3,4)11-14(17)2/h5-8,14,19H,9-12,18H2,1-4H3. The number of nitrogens with one attached hydrogen (secondary N) is 1. The first-order valence-electron chi connectivity index (χ1n) is 7.42. The Labute approximate surface area is 117 Å². The van der Waals surface area contributed by atoms with Gasteiger partial charge in [0, 0.05) is 12.2 Å². The highest BCUT2D eigenvalue weighted by molar-refractivity contribution is 5.47. The van der Waals surface area contributed by atoms with E-state index in [2.05, 4.69) is 57.3 Å². The van der Waals surface area contributed by atoms with Crippen molar-refractivity contribution >= 4 is 5.69 Å². The van der Waals surface area contributed by atoms with Crippen LogP contribution < -0.4 is 11.1 Å². The lowest BCUT2D eigenvalue weighted by atomic mass is 9.63. The maximum atomic E-state index is 6.13. The molecule has 1 fully saturated rings. The third-order valence-corrected chi connectivity index (χ3v) is 4.86. The molecule has 0 amide bonds. The first-order chi connectivity index (χ1) is 8.87. The zero-order valence-corrected chi connectivity index (χ0v) is 12.8. The summed E-state index contributed by atoms with van der Waals surface area (Å²) in [4.78, 5) is 0. The largest absolute Gasteiger partial charge is 0.378 e. The Morgan fingerprint density at radius 2 is 1.84 bits per heavy atom. The van der Waals surface area contributed by atoms with E-state index in [0.29, 0.717) is 17.9 Å². The molecule has 0 radical (unpaired) electrons. The van der Waals surface area contributed by atoms with Gasteiger partial charge in [-0.25, -0.2) is 0 Å². The number of anilines is 1. The molecule has 106 valence electrons. The predicted octanol–water partition coefficient (Wildman–Crippen LogP) is 3.95. The van der Waals surface area contributed by atoms with Gasteiger partial charge in [0.25, 0.3) is 0 Å². The summed E-state index contributed by atoms with van der Waals surface area (Å²) in [5, 5.41) is 3.73. The maximum Gasteiger partial charge on any atom is 0.0521 e. The van der Waals surface area contributed by atoms with E-state index in [-0.39, 0.29) is 5.54 Å². The molecule has 3 N–H and O–H groups in total. The highest BCUT2D eigenvalue weighted by Crippen LogP contribution is 2.44. The van der Waals surface area contributed by atoms with E-state index < -0.39 is 0 Å². The molecule has 1 aromatic rings. The van der Waals surface area contributed by atoms with Crippen molar-refractivity contribution in [3.63, 3.8) is 0 Å². The second-order valence-corrected chi connectivity index (χ2v) is 7.12. The number of hydrogen-bond donors (Lipinski definition) is 2. The Hall–Kier alpha value is -1.02. The second kappa shape index (κ2) is 5.16. The molecule has 2 atom stereocenters. The Morgan fingerprint density at radius 3 is 2.37 bits per heavy atom. The van der Waals surface area contributed by atoms with Crippen LogP contribution in [0.25, 0.3) is 0 Å². The lowest BCUT2D eigenvalue weighted by Crippen LogP contribution is -2.54. The van der Waals surface area contributed by atoms with Gasteiger partial charge >= 0.3 is 0 Å². The van der Waals surface area contributed by atoms with Gasteiger partial charge in [-0.2, -0.15) is 0 Å². The van der Waals surface area contributed by atoms with Gasteiger partial charge < -0.3 is 11.1 Å². The fraction of sp³-hybridized carbons (Fsp3) is 0.647. The molecule has 0 spiro atoms. The van der Waals surface area contributed by atoms with Crippen LogP contribution in [-0.2, 0) is 0 Å². The molecule has 2 unspecified atom stereocenters. The van der Waals surface area contributed by atoms with Crippen LogP contribution in [0.1, 0.15) is 45.6 Å². The van der Waals surface area contributed by atoms with Crippen LogP contribution in [0.2, 0.25) is 0 Å². The van der Waals surface area contributed by atoms with Crippen LogP contribution in [0.3, 0.4) is 0 Å². The molecule has 0 bridgehead atoms. The number of nitrogens with two attached hydrogens (primary N) is 1. The van der Waals surface area contributed by atoms with Crippen LogP contribution in [-0.4, -0.2) is 12.1 Å². The Kier molecular flexibility index (Phi) is 3.91. The van der Waals surface area contributed by atoms with E-state index in [0.717, 1.165) is 6.42 Å². The molecule has 1 aliphatic rings. The van der Waals surface area contributed by atoms with Gasteiger partial charge in [-0.05, 0) is 49.7 Å². The number of rotatable bonds is 3. The molecule has 2 rings (SSSR count). The minimum atomic E-state index is 0.0603. The summed E-state index contributed by atoms with van der Waals surface area (Å²) >= 11 is 0. The van der Waals surface area contributed by atoms with Crippen molar-refractivity contribution < 1.29 is 0 Å². The van der Waals surface area contributed by atoms with Crippen LogP contribution >= 0.6 is 0 Å². The van der Waals surface area contributed by atoms with Crippen LogP contribution in [0.15, 0.2) is 24.3 Å². The molecular formula is C17H28N2. The number of aryl methyl sites for hydroxylation is 1. The SMILES string of the molecule is Cc1ccc(NC2(CN)CCC(C)(C)CC2C)cc1. The van der Waals surface area contributed by atoms with Crippen molar-refractivity contribution in [2.45, 2.75) is 52.5 Å². The van der Waals surface area contributed by atoms with E-state index in [1.807, 2.05) is 0 Å². The van der Waals surface area contributed by atoms with E-state index in [1.165, 1.54) is 24.1 Å². The van der Waals surface area contributed by atoms with E-state index in [4.69, 9.17) is 5.73 Å². The van der Waals surface area contributed by atoms with Gasteiger partial charge in [0.2, 0.25) is 0 Å². The van der Waals surface area contributed by atoms with Gasteiger partial charge in [-0.15, -0.1) is 0 Å². The van der Waals surface area contributed by atoms with E-state index in [9.17, 15) is 0 Å². The molecule has 0 aliphatic heterocycles. The Morgan fingerprint density at radius 1 is 1.21 bits per heavy atom. The van der Waals surface area contributed by atoms with Crippen molar-refractivity contribution in [1.29, 1.82) is 0 Å². The van der Waals surface area contributed by atoms with Gasteiger partial charge in [0.1, 0.15) is 0 Å². The lowest BCUT2D eigenvalue weighted by Gasteiger charge is -2.49. The van der Waals surface area contributed by atoms with Gasteiger partial charge in [0.15, 0.2) is 0 Å². The topological polar surface area (TPSA) is 38.0 Å². The van der Waals surface area contributed by atoms with Crippen molar-refractivity contribution in [2.75, 3.05) is 11.9 Å². The molecule has 2 nitrogen and oxygen atoms in total. The molecule has 19 heavy (non-hydrogen) atoms. The molecule has 1 saturated carbocycles. The van der Waals surface area contributed by atoms with Crippen molar-refractivity contribution in [3.05, 3.63) is 29.8 Å². The van der Waals surface area contributed by atoms with Crippen LogP contribution in [0.4, 0.5) is 5.69 Å². The minimum absolute atomic E-state index is 0.0603. The Bertz CT molecular complexity index is 421. The van der Waals surface area contributed by atoms with Crippen LogP contribution in [0.5, 0.6) is 0 Å². The monoisotopic (exact) mass is 260 g/mol. The second-order valence-electron chi connectivity index (χ2n) is 7.12.